The van der Waals surface area contributed by atoms with Gasteiger partial charge in [0.2, 0.25) is 0 Å². The molecule has 2 nitrogen and oxygen atoms in total. The highest BCUT2D eigenvalue weighted by atomic mass is 19.2. The summed E-state index contributed by atoms with van der Waals surface area (Å²) in [5, 5.41) is 3.38. The summed E-state index contributed by atoms with van der Waals surface area (Å²) < 4.78 is 25.8. The van der Waals surface area contributed by atoms with Gasteiger partial charge in [0.15, 0.2) is 11.6 Å². The minimum atomic E-state index is -0.796. The number of nitrogens with zero attached hydrogens (tertiary/aromatic N) is 1. The molecule has 0 unspecified atom stereocenters. The molecular weight excluding hydrogens is 234 g/mol. The summed E-state index contributed by atoms with van der Waals surface area (Å²) in [6, 6.07) is 4.04. The molecule has 0 atom stereocenters. The lowest BCUT2D eigenvalue weighted by Crippen LogP contribution is -2.40. The summed E-state index contributed by atoms with van der Waals surface area (Å²) in [5.41, 5.74) is 0.884. The highest BCUT2D eigenvalue weighted by Gasteiger charge is 2.09. The molecular formula is C14H22F2N2. The average molecular weight is 256 g/mol. The number of hydrogen-bond donors (Lipinski definition) is 1. The van der Waals surface area contributed by atoms with Crippen LogP contribution in [0.2, 0.25) is 0 Å². The molecule has 0 spiro atoms. The summed E-state index contributed by atoms with van der Waals surface area (Å²) >= 11 is 0. The zero-order valence-corrected chi connectivity index (χ0v) is 11.6. The maximum absolute atomic E-state index is 13.0. The van der Waals surface area contributed by atoms with Gasteiger partial charge in [0, 0.05) is 25.2 Å². The standard InChI is InChI=1S/C14H22F2N2/c1-14(2,3)17-7-8-18(4)10-11-5-6-12(15)13(16)9-11/h5-6,9,17H,7-8,10H2,1-4H3. The second kappa shape index (κ2) is 6.25. The minimum absolute atomic E-state index is 0.100. The van der Waals surface area contributed by atoms with Crippen molar-refractivity contribution < 1.29 is 8.78 Å². The third kappa shape index (κ3) is 5.56. The molecule has 1 aromatic carbocycles. The molecule has 0 saturated heterocycles. The van der Waals surface area contributed by atoms with Crippen LogP contribution < -0.4 is 5.32 Å². The molecule has 1 N–H and O–H groups in total. The molecule has 1 rings (SSSR count). The largest absolute Gasteiger partial charge is 0.311 e. The zero-order chi connectivity index (χ0) is 13.8. The van der Waals surface area contributed by atoms with E-state index < -0.39 is 11.6 Å². The Balaban J connectivity index is 2.40. The van der Waals surface area contributed by atoms with Crippen molar-refractivity contribution in [3.05, 3.63) is 35.4 Å². The van der Waals surface area contributed by atoms with E-state index in [1.807, 2.05) is 7.05 Å². The van der Waals surface area contributed by atoms with Gasteiger partial charge >= 0.3 is 0 Å². The Bertz CT molecular complexity index is 386. The molecule has 0 bridgehead atoms. The van der Waals surface area contributed by atoms with Crippen LogP contribution in [0.5, 0.6) is 0 Å². The third-order valence-electron chi connectivity index (χ3n) is 2.59. The van der Waals surface area contributed by atoms with Crippen molar-refractivity contribution in [1.29, 1.82) is 0 Å². The molecule has 102 valence electrons. The van der Waals surface area contributed by atoms with Crippen LogP contribution in [0.15, 0.2) is 18.2 Å². The van der Waals surface area contributed by atoms with Gasteiger partial charge in [-0.15, -0.1) is 0 Å². The van der Waals surface area contributed by atoms with Crippen molar-refractivity contribution in [2.45, 2.75) is 32.9 Å². The molecule has 0 aromatic heterocycles. The lowest BCUT2D eigenvalue weighted by molar-refractivity contribution is 0.303. The van der Waals surface area contributed by atoms with Crippen LogP contribution in [-0.4, -0.2) is 30.6 Å². The maximum atomic E-state index is 13.0. The second-order valence-corrected chi connectivity index (χ2v) is 5.66. The van der Waals surface area contributed by atoms with Gasteiger partial charge in [-0.05, 0) is 45.5 Å². The predicted octanol–water partition coefficient (Wildman–Crippen LogP) is 2.78. The smallest absolute Gasteiger partial charge is 0.159 e. The molecule has 0 aliphatic carbocycles. The van der Waals surface area contributed by atoms with Gasteiger partial charge in [0.1, 0.15) is 0 Å². The Kier molecular flexibility index (Phi) is 5.23. The fraction of sp³-hybridized carbons (Fsp3) is 0.571. The zero-order valence-electron chi connectivity index (χ0n) is 11.6. The van der Waals surface area contributed by atoms with Crippen molar-refractivity contribution in [1.82, 2.24) is 10.2 Å². The molecule has 0 radical (unpaired) electrons. The van der Waals surface area contributed by atoms with Gasteiger partial charge < -0.3 is 10.2 Å². The van der Waals surface area contributed by atoms with E-state index in [4.69, 9.17) is 0 Å². The summed E-state index contributed by atoms with van der Waals surface area (Å²) in [4.78, 5) is 2.07. The van der Waals surface area contributed by atoms with Gasteiger partial charge in [0.05, 0.1) is 0 Å². The van der Waals surface area contributed by atoms with Crippen LogP contribution in [0, 0.1) is 11.6 Å². The Morgan fingerprint density at radius 2 is 1.83 bits per heavy atom. The van der Waals surface area contributed by atoms with E-state index in [9.17, 15) is 8.78 Å². The molecule has 0 aliphatic heterocycles. The summed E-state index contributed by atoms with van der Waals surface area (Å²) in [6.07, 6.45) is 0. The van der Waals surface area contributed by atoms with Gasteiger partial charge in [-0.1, -0.05) is 6.07 Å². The average Bonchev–Trinajstić information content (AvgIpc) is 2.21. The van der Waals surface area contributed by atoms with Crippen molar-refractivity contribution in [3.63, 3.8) is 0 Å². The molecule has 0 saturated carbocycles. The highest BCUT2D eigenvalue weighted by molar-refractivity contribution is 5.17. The number of likely N-dealkylation sites (N-methyl/N-ethyl adjacent to an activating group) is 1. The number of nitrogens with one attached hydrogen (secondary N) is 1. The Morgan fingerprint density at radius 1 is 1.17 bits per heavy atom. The van der Waals surface area contributed by atoms with Crippen LogP contribution in [0.25, 0.3) is 0 Å². The van der Waals surface area contributed by atoms with Gasteiger partial charge in [-0.25, -0.2) is 8.78 Å². The van der Waals surface area contributed by atoms with E-state index in [-0.39, 0.29) is 5.54 Å². The predicted molar refractivity (Wildman–Crippen MR) is 70.4 cm³/mol. The van der Waals surface area contributed by atoms with Gasteiger partial charge in [-0.3, -0.25) is 0 Å². The van der Waals surface area contributed by atoms with Crippen LogP contribution in [0.3, 0.4) is 0 Å². The second-order valence-electron chi connectivity index (χ2n) is 5.66. The summed E-state index contributed by atoms with van der Waals surface area (Å²) in [7, 11) is 1.96. The first-order chi connectivity index (χ1) is 8.28. The molecule has 1 aromatic rings. The van der Waals surface area contributed by atoms with E-state index >= 15 is 0 Å². The molecule has 0 amide bonds. The van der Waals surface area contributed by atoms with Gasteiger partial charge in [0.25, 0.3) is 0 Å². The highest BCUT2D eigenvalue weighted by Crippen LogP contribution is 2.10. The topological polar surface area (TPSA) is 15.3 Å². The monoisotopic (exact) mass is 256 g/mol. The number of hydrogen-bond acceptors (Lipinski definition) is 2. The van der Waals surface area contributed by atoms with E-state index in [2.05, 4.69) is 31.0 Å². The van der Waals surface area contributed by atoms with Crippen molar-refractivity contribution in [2.24, 2.45) is 0 Å². The first-order valence-corrected chi connectivity index (χ1v) is 6.15. The number of rotatable bonds is 5. The van der Waals surface area contributed by atoms with Crippen LogP contribution >= 0.6 is 0 Å². The Morgan fingerprint density at radius 3 is 2.39 bits per heavy atom. The summed E-state index contributed by atoms with van der Waals surface area (Å²) in [5.74, 6) is -1.58. The first-order valence-electron chi connectivity index (χ1n) is 6.15. The van der Waals surface area contributed by atoms with Crippen molar-refractivity contribution >= 4 is 0 Å². The molecule has 0 heterocycles. The fourth-order valence-corrected chi connectivity index (χ4v) is 1.65. The van der Waals surface area contributed by atoms with E-state index in [0.717, 1.165) is 18.7 Å². The molecule has 18 heavy (non-hydrogen) atoms. The van der Waals surface area contributed by atoms with Crippen molar-refractivity contribution in [2.75, 3.05) is 20.1 Å². The molecule has 4 heteroatoms. The lowest BCUT2D eigenvalue weighted by Gasteiger charge is -2.23. The van der Waals surface area contributed by atoms with Crippen LogP contribution in [-0.2, 0) is 6.54 Å². The molecule has 0 fully saturated rings. The molecule has 0 aliphatic rings. The maximum Gasteiger partial charge on any atom is 0.159 e. The van der Waals surface area contributed by atoms with E-state index in [1.165, 1.54) is 12.1 Å². The lowest BCUT2D eigenvalue weighted by atomic mass is 10.1. The fourth-order valence-electron chi connectivity index (χ4n) is 1.65. The Hall–Kier alpha value is -1.00. The quantitative estimate of drug-likeness (QED) is 0.871. The van der Waals surface area contributed by atoms with Crippen molar-refractivity contribution in [3.8, 4) is 0 Å². The number of benzene rings is 1. The van der Waals surface area contributed by atoms with Gasteiger partial charge in [-0.2, -0.15) is 0 Å². The van der Waals surface area contributed by atoms with E-state index in [1.54, 1.807) is 6.07 Å². The van der Waals surface area contributed by atoms with E-state index in [0.29, 0.717) is 6.54 Å². The number of halogens is 2. The Labute approximate surface area is 108 Å². The third-order valence-corrected chi connectivity index (χ3v) is 2.59. The first kappa shape index (κ1) is 15.1. The van der Waals surface area contributed by atoms with Crippen LogP contribution in [0.4, 0.5) is 8.78 Å². The SMILES string of the molecule is CN(CCNC(C)(C)C)Cc1ccc(F)c(F)c1. The van der Waals surface area contributed by atoms with Crippen LogP contribution in [0.1, 0.15) is 26.3 Å². The summed E-state index contributed by atoms with van der Waals surface area (Å²) in [6.45, 7) is 8.68. The minimum Gasteiger partial charge on any atom is -0.311 e. The normalized spacial score (nSPS) is 12.2.